The van der Waals surface area contributed by atoms with E-state index < -0.39 is 9.84 Å². The van der Waals surface area contributed by atoms with E-state index in [0.29, 0.717) is 17.2 Å². The van der Waals surface area contributed by atoms with Gasteiger partial charge in [0.25, 0.3) is 0 Å². The molecule has 1 aromatic rings. The van der Waals surface area contributed by atoms with E-state index in [4.69, 9.17) is 22.2 Å². The number of hydrazine groups is 1. The monoisotopic (exact) mass is 292 g/mol. The van der Waals surface area contributed by atoms with Crippen LogP contribution in [0.15, 0.2) is 18.2 Å². The number of benzene rings is 1. The van der Waals surface area contributed by atoms with Gasteiger partial charge >= 0.3 is 0 Å². The van der Waals surface area contributed by atoms with Gasteiger partial charge in [0.2, 0.25) is 0 Å². The molecule has 3 N–H and O–H groups in total. The highest BCUT2D eigenvalue weighted by molar-refractivity contribution is 7.90. The van der Waals surface area contributed by atoms with E-state index in [-0.39, 0.29) is 11.8 Å². The molecule has 102 valence electrons. The first-order chi connectivity index (χ1) is 8.35. The van der Waals surface area contributed by atoms with E-state index in [1.165, 1.54) is 6.26 Å². The third-order valence-electron chi connectivity index (χ3n) is 2.45. The van der Waals surface area contributed by atoms with Gasteiger partial charge in [-0.15, -0.1) is 0 Å². The Morgan fingerprint density at radius 2 is 2.17 bits per heavy atom. The van der Waals surface area contributed by atoms with Crippen LogP contribution >= 0.6 is 11.6 Å². The van der Waals surface area contributed by atoms with Gasteiger partial charge < -0.3 is 4.74 Å². The zero-order valence-electron chi connectivity index (χ0n) is 10.3. The van der Waals surface area contributed by atoms with Gasteiger partial charge in [-0.3, -0.25) is 11.3 Å². The molecule has 0 aliphatic carbocycles. The van der Waals surface area contributed by atoms with E-state index in [9.17, 15) is 8.42 Å². The van der Waals surface area contributed by atoms with Gasteiger partial charge in [-0.05, 0) is 30.2 Å². The zero-order valence-corrected chi connectivity index (χ0v) is 11.9. The van der Waals surface area contributed by atoms with Gasteiger partial charge in [-0.2, -0.15) is 0 Å². The predicted molar refractivity (Wildman–Crippen MR) is 72.5 cm³/mol. The van der Waals surface area contributed by atoms with Crippen LogP contribution in [0.25, 0.3) is 0 Å². The first kappa shape index (κ1) is 15.2. The largest absolute Gasteiger partial charge is 0.496 e. The highest BCUT2D eigenvalue weighted by Gasteiger charge is 2.16. The molecule has 0 radical (unpaired) electrons. The molecule has 1 aromatic carbocycles. The Morgan fingerprint density at radius 3 is 2.67 bits per heavy atom. The highest BCUT2D eigenvalue weighted by Crippen LogP contribution is 2.24. The summed E-state index contributed by atoms with van der Waals surface area (Å²) in [5, 5.41) is 0.570. The molecule has 0 bridgehead atoms. The topological polar surface area (TPSA) is 81.4 Å². The number of sulfone groups is 1. The lowest BCUT2D eigenvalue weighted by molar-refractivity contribution is 0.406. The maximum atomic E-state index is 11.3. The van der Waals surface area contributed by atoms with Gasteiger partial charge in [-0.25, -0.2) is 8.42 Å². The van der Waals surface area contributed by atoms with Gasteiger partial charge in [0.1, 0.15) is 15.6 Å². The number of methoxy groups -OCH3 is 1. The summed E-state index contributed by atoms with van der Waals surface area (Å²) in [6.45, 7) is 0. The summed E-state index contributed by atoms with van der Waals surface area (Å²) in [7, 11) is -1.55. The molecule has 5 nitrogen and oxygen atoms in total. The van der Waals surface area contributed by atoms with Crippen LogP contribution in [0.5, 0.6) is 5.75 Å². The van der Waals surface area contributed by atoms with Crippen LogP contribution < -0.4 is 16.0 Å². The smallest absolute Gasteiger partial charge is 0.149 e. The Hall–Kier alpha value is -0.820. The molecule has 1 atom stereocenters. The van der Waals surface area contributed by atoms with Crippen LogP contribution in [0.3, 0.4) is 0 Å². The Labute approximate surface area is 112 Å². The minimum absolute atomic E-state index is 0.0425. The average Bonchev–Trinajstić information content (AvgIpc) is 2.26. The Balaban J connectivity index is 2.90. The van der Waals surface area contributed by atoms with Crippen molar-refractivity contribution < 1.29 is 13.2 Å². The van der Waals surface area contributed by atoms with Crippen molar-refractivity contribution in [2.24, 2.45) is 5.84 Å². The van der Waals surface area contributed by atoms with Crippen molar-refractivity contribution in [1.29, 1.82) is 0 Å². The molecule has 0 fully saturated rings. The average molecular weight is 293 g/mol. The summed E-state index contributed by atoms with van der Waals surface area (Å²) in [5.74, 6) is 5.99. The first-order valence-electron chi connectivity index (χ1n) is 5.32. The Bertz CT molecular complexity index is 505. The summed E-state index contributed by atoms with van der Waals surface area (Å²) in [6.07, 6.45) is 1.60. The second kappa shape index (κ2) is 6.38. The number of ether oxygens (including phenoxy) is 1. The number of rotatable bonds is 6. The summed E-state index contributed by atoms with van der Waals surface area (Å²) >= 11 is 5.91. The highest BCUT2D eigenvalue weighted by atomic mass is 35.5. The van der Waals surface area contributed by atoms with Crippen LogP contribution in [0.1, 0.15) is 5.56 Å². The summed E-state index contributed by atoms with van der Waals surface area (Å²) in [6, 6.07) is 4.82. The van der Waals surface area contributed by atoms with Crippen molar-refractivity contribution in [2.75, 3.05) is 19.1 Å². The van der Waals surface area contributed by atoms with Crippen LogP contribution in [0, 0.1) is 0 Å². The van der Waals surface area contributed by atoms with E-state index in [1.54, 1.807) is 25.3 Å². The molecule has 1 unspecified atom stereocenters. The number of halogens is 1. The van der Waals surface area contributed by atoms with E-state index >= 15 is 0 Å². The minimum Gasteiger partial charge on any atom is -0.496 e. The van der Waals surface area contributed by atoms with Crippen molar-refractivity contribution in [2.45, 2.75) is 12.5 Å². The van der Waals surface area contributed by atoms with Gasteiger partial charge in [0.05, 0.1) is 12.9 Å². The number of nitrogens with one attached hydrogen (secondary N) is 1. The molecule has 0 saturated heterocycles. The molecule has 0 aromatic heterocycles. The van der Waals surface area contributed by atoms with Crippen molar-refractivity contribution in [3.05, 3.63) is 28.8 Å². The normalized spacial score (nSPS) is 13.3. The molecule has 1 rings (SSSR count). The van der Waals surface area contributed by atoms with Gasteiger partial charge in [0.15, 0.2) is 0 Å². The molecule has 0 amide bonds. The van der Waals surface area contributed by atoms with Crippen molar-refractivity contribution in [3.63, 3.8) is 0 Å². The SMILES string of the molecule is COc1ccc(Cl)cc1CC(CS(C)(=O)=O)NN. The van der Waals surface area contributed by atoms with Crippen molar-refractivity contribution >= 4 is 21.4 Å². The molecular weight excluding hydrogens is 276 g/mol. The second-order valence-corrected chi connectivity index (χ2v) is 6.74. The molecule has 0 aliphatic rings. The van der Waals surface area contributed by atoms with Crippen LogP contribution in [0.2, 0.25) is 5.02 Å². The number of hydrogen-bond donors (Lipinski definition) is 2. The summed E-state index contributed by atoms with van der Waals surface area (Å²) in [5.41, 5.74) is 3.32. The second-order valence-electron chi connectivity index (χ2n) is 4.12. The Kier molecular flexibility index (Phi) is 5.40. The third kappa shape index (κ3) is 4.81. The molecule has 0 aliphatic heterocycles. The summed E-state index contributed by atoms with van der Waals surface area (Å²) in [4.78, 5) is 0. The van der Waals surface area contributed by atoms with E-state index in [1.807, 2.05) is 0 Å². The van der Waals surface area contributed by atoms with Crippen LogP contribution in [-0.4, -0.2) is 33.6 Å². The number of hydrogen-bond acceptors (Lipinski definition) is 5. The van der Waals surface area contributed by atoms with Crippen LogP contribution in [-0.2, 0) is 16.3 Å². The lowest BCUT2D eigenvalue weighted by Gasteiger charge is -2.16. The molecule has 18 heavy (non-hydrogen) atoms. The molecule has 0 spiro atoms. The van der Waals surface area contributed by atoms with E-state index in [0.717, 1.165) is 5.56 Å². The molecular formula is C11H17ClN2O3S. The fourth-order valence-corrected chi connectivity index (χ4v) is 2.84. The zero-order chi connectivity index (χ0) is 13.8. The molecule has 0 saturated carbocycles. The predicted octanol–water partition coefficient (Wildman–Crippen LogP) is 0.768. The maximum absolute atomic E-state index is 11.3. The lowest BCUT2D eigenvalue weighted by Crippen LogP contribution is -2.41. The Morgan fingerprint density at radius 1 is 1.50 bits per heavy atom. The molecule has 0 heterocycles. The summed E-state index contributed by atoms with van der Waals surface area (Å²) < 4.78 is 27.7. The first-order valence-corrected chi connectivity index (χ1v) is 7.76. The fraction of sp³-hybridized carbons (Fsp3) is 0.455. The van der Waals surface area contributed by atoms with E-state index in [2.05, 4.69) is 5.43 Å². The standard InChI is InChI=1S/C11H17ClN2O3S/c1-17-11-4-3-9(12)5-8(11)6-10(14-13)7-18(2,15)16/h3-5,10,14H,6-7,13H2,1-2H3. The van der Waals surface area contributed by atoms with Crippen molar-refractivity contribution in [1.82, 2.24) is 5.43 Å². The van der Waals surface area contributed by atoms with Gasteiger partial charge in [-0.1, -0.05) is 11.6 Å². The minimum atomic E-state index is -3.10. The number of nitrogens with two attached hydrogens (primary N) is 1. The quantitative estimate of drug-likeness (QED) is 0.598. The maximum Gasteiger partial charge on any atom is 0.149 e. The van der Waals surface area contributed by atoms with Gasteiger partial charge in [0, 0.05) is 17.3 Å². The fourth-order valence-electron chi connectivity index (χ4n) is 1.70. The lowest BCUT2D eigenvalue weighted by atomic mass is 10.1. The third-order valence-corrected chi connectivity index (χ3v) is 3.69. The van der Waals surface area contributed by atoms with Crippen LogP contribution in [0.4, 0.5) is 0 Å². The molecule has 7 heteroatoms. The van der Waals surface area contributed by atoms with Crippen molar-refractivity contribution in [3.8, 4) is 5.75 Å².